The molecular weight excluding hydrogens is 223 g/mol. The second-order valence-electron chi connectivity index (χ2n) is 4.18. The minimum atomic E-state index is -0.159. The molecule has 0 aromatic heterocycles. The van der Waals surface area contributed by atoms with Gasteiger partial charge in [0.05, 0.1) is 0 Å². The Kier molecular flexibility index (Phi) is 3.84. The molecule has 4 heteroatoms. The molecule has 0 amide bonds. The van der Waals surface area contributed by atoms with E-state index >= 15 is 0 Å². The lowest BCUT2D eigenvalue weighted by molar-refractivity contribution is 0.442. The predicted molar refractivity (Wildman–Crippen MR) is 66.1 cm³/mol. The van der Waals surface area contributed by atoms with Gasteiger partial charge in [0.25, 0.3) is 0 Å². The zero-order chi connectivity index (χ0) is 11.5. The Morgan fingerprint density at radius 1 is 1.62 bits per heavy atom. The van der Waals surface area contributed by atoms with Gasteiger partial charge in [-0.15, -0.1) is 11.8 Å². The molecule has 3 N–H and O–H groups in total. The summed E-state index contributed by atoms with van der Waals surface area (Å²) in [5.74, 6) is 0.918. The van der Waals surface area contributed by atoms with Gasteiger partial charge < -0.3 is 11.1 Å². The monoisotopic (exact) mass is 240 g/mol. The Morgan fingerprint density at radius 2 is 2.44 bits per heavy atom. The fourth-order valence-corrected chi connectivity index (χ4v) is 3.06. The summed E-state index contributed by atoms with van der Waals surface area (Å²) < 4.78 is 13.2. The largest absolute Gasteiger partial charge is 0.329 e. The van der Waals surface area contributed by atoms with Gasteiger partial charge in [0.1, 0.15) is 5.82 Å². The van der Waals surface area contributed by atoms with Crippen LogP contribution in [0.3, 0.4) is 0 Å². The van der Waals surface area contributed by atoms with Crippen molar-refractivity contribution in [1.29, 1.82) is 0 Å². The van der Waals surface area contributed by atoms with Crippen molar-refractivity contribution >= 4 is 11.8 Å². The smallest absolute Gasteiger partial charge is 0.123 e. The number of thioether (sulfide) groups is 1. The maximum Gasteiger partial charge on any atom is 0.123 e. The van der Waals surface area contributed by atoms with Crippen molar-refractivity contribution < 1.29 is 4.39 Å². The van der Waals surface area contributed by atoms with E-state index in [1.54, 1.807) is 17.8 Å². The maximum atomic E-state index is 13.2. The minimum absolute atomic E-state index is 0.159. The van der Waals surface area contributed by atoms with E-state index in [0.717, 1.165) is 17.7 Å². The third-order valence-electron chi connectivity index (χ3n) is 2.85. The van der Waals surface area contributed by atoms with Crippen molar-refractivity contribution in [2.75, 3.05) is 12.3 Å². The highest BCUT2D eigenvalue weighted by Crippen LogP contribution is 2.36. The fourth-order valence-electron chi connectivity index (χ4n) is 1.95. The van der Waals surface area contributed by atoms with Crippen LogP contribution in [0.4, 0.5) is 4.39 Å². The summed E-state index contributed by atoms with van der Waals surface area (Å²) in [6, 6.07) is 5.55. The van der Waals surface area contributed by atoms with Gasteiger partial charge in [-0.25, -0.2) is 4.39 Å². The topological polar surface area (TPSA) is 38.0 Å². The van der Waals surface area contributed by atoms with Crippen LogP contribution in [0.1, 0.15) is 24.9 Å². The van der Waals surface area contributed by atoms with Gasteiger partial charge >= 0.3 is 0 Å². The first-order valence-electron chi connectivity index (χ1n) is 5.59. The molecule has 1 aliphatic rings. The first kappa shape index (κ1) is 11.9. The standard InChI is InChI=1S/C12H17FN2S/c1-8(7-14)15-11-4-5-16-12-3-2-9(13)6-10(11)12/h2-3,6,8,11,15H,4-5,7,14H2,1H3. The van der Waals surface area contributed by atoms with Crippen LogP contribution in [0.15, 0.2) is 23.1 Å². The van der Waals surface area contributed by atoms with Crippen molar-refractivity contribution in [3.63, 3.8) is 0 Å². The Hall–Kier alpha value is -0.580. The molecule has 1 aromatic carbocycles. The SMILES string of the molecule is CC(CN)NC1CCSc2ccc(F)cc21. The predicted octanol–water partition coefficient (Wildman–Crippen LogP) is 2.30. The van der Waals surface area contributed by atoms with Gasteiger partial charge in [-0.05, 0) is 42.9 Å². The van der Waals surface area contributed by atoms with Crippen molar-refractivity contribution in [1.82, 2.24) is 5.32 Å². The van der Waals surface area contributed by atoms with E-state index in [9.17, 15) is 4.39 Å². The molecule has 2 unspecified atom stereocenters. The quantitative estimate of drug-likeness (QED) is 0.851. The zero-order valence-electron chi connectivity index (χ0n) is 9.37. The van der Waals surface area contributed by atoms with Gasteiger partial charge in [0.2, 0.25) is 0 Å². The van der Waals surface area contributed by atoms with Crippen LogP contribution in [0, 0.1) is 5.82 Å². The van der Waals surface area contributed by atoms with Crippen LogP contribution < -0.4 is 11.1 Å². The Labute approximate surface area is 99.8 Å². The van der Waals surface area contributed by atoms with Crippen LogP contribution in [-0.2, 0) is 0 Å². The van der Waals surface area contributed by atoms with E-state index in [-0.39, 0.29) is 17.9 Å². The van der Waals surface area contributed by atoms with Gasteiger partial charge in [0.15, 0.2) is 0 Å². The Morgan fingerprint density at radius 3 is 3.19 bits per heavy atom. The van der Waals surface area contributed by atoms with Gasteiger partial charge in [0, 0.05) is 23.5 Å². The van der Waals surface area contributed by atoms with Gasteiger partial charge in [-0.3, -0.25) is 0 Å². The molecule has 2 rings (SSSR count). The molecular formula is C12H17FN2S. The molecule has 0 radical (unpaired) electrons. The summed E-state index contributed by atoms with van der Waals surface area (Å²) in [4.78, 5) is 1.19. The molecule has 0 bridgehead atoms. The van der Waals surface area contributed by atoms with Gasteiger partial charge in [-0.1, -0.05) is 0 Å². The van der Waals surface area contributed by atoms with E-state index in [4.69, 9.17) is 5.73 Å². The summed E-state index contributed by atoms with van der Waals surface area (Å²) in [6.45, 7) is 2.66. The number of hydrogen-bond donors (Lipinski definition) is 2. The zero-order valence-corrected chi connectivity index (χ0v) is 10.2. The van der Waals surface area contributed by atoms with E-state index < -0.39 is 0 Å². The molecule has 0 saturated heterocycles. The number of fused-ring (bicyclic) bond motifs is 1. The van der Waals surface area contributed by atoms with E-state index in [0.29, 0.717) is 6.54 Å². The number of halogens is 1. The summed E-state index contributed by atoms with van der Waals surface area (Å²) in [6.07, 6.45) is 1.03. The number of hydrogen-bond acceptors (Lipinski definition) is 3. The summed E-state index contributed by atoms with van der Waals surface area (Å²) in [5, 5.41) is 3.45. The van der Waals surface area contributed by atoms with Crippen LogP contribution in [-0.4, -0.2) is 18.3 Å². The summed E-state index contributed by atoms with van der Waals surface area (Å²) in [5.41, 5.74) is 6.68. The number of rotatable bonds is 3. The van der Waals surface area contributed by atoms with Crippen LogP contribution in [0.25, 0.3) is 0 Å². The summed E-state index contributed by atoms with van der Waals surface area (Å²) >= 11 is 1.80. The van der Waals surface area contributed by atoms with Crippen LogP contribution in [0.2, 0.25) is 0 Å². The molecule has 88 valence electrons. The lowest BCUT2D eigenvalue weighted by Crippen LogP contribution is -2.37. The lowest BCUT2D eigenvalue weighted by atomic mass is 10.0. The third-order valence-corrected chi connectivity index (χ3v) is 3.97. The fraction of sp³-hybridized carbons (Fsp3) is 0.500. The van der Waals surface area contributed by atoms with Gasteiger partial charge in [-0.2, -0.15) is 0 Å². The lowest BCUT2D eigenvalue weighted by Gasteiger charge is -2.28. The summed E-state index contributed by atoms with van der Waals surface area (Å²) in [7, 11) is 0. The minimum Gasteiger partial charge on any atom is -0.329 e. The molecule has 1 aromatic rings. The second kappa shape index (κ2) is 5.17. The van der Waals surface area contributed by atoms with Crippen molar-refractivity contribution in [2.45, 2.75) is 30.3 Å². The highest BCUT2D eigenvalue weighted by atomic mass is 32.2. The Balaban J connectivity index is 2.21. The Bertz CT molecular complexity index is 370. The molecule has 0 fully saturated rings. The highest BCUT2D eigenvalue weighted by Gasteiger charge is 2.21. The average Bonchev–Trinajstić information content (AvgIpc) is 2.29. The molecule has 16 heavy (non-hydrogen) atoms. The third kappa shape index (κ3) is 2.56. The van der Waals surface area contributed by atoms with E-state index in [1.165, 1.54) is 11.0 Å². The molecule has 2 atom stereocenters. The van der Waals surface area contributed by atoms with E-state index in [2.05, 4.69) is 12.2 Å². The molecule has 0 spiro atoms. The second-order valence-corrected chi connectivity index (χ2v) is 5.31. The van der Waals surface area contributed by atoms with E-state index in [1.807, 2.05) is 6.07 Å². The molecule has 1 aliphatic heterocycles. The maximum absolute atomic E-state index is 13.2. The molecule has 0 aliphatic carbocycles. The first-order valence-corrected chi connectivity index (χ1v) is 6.57. The van der Waals surface area contributed by atoms with Crippen LogP contribution >= 0.6 is 11.8 Å². The molecule has 1 heterocycles. The number of benzene rings is 1. The highest BCUT2D eigenvalue weighted by molar-refractivity contribution is 7.99. The number of nitrogens with one attached hydrogen (secondary N) is 1. The number of nitrogens with two attached hydrogens (primary N) is 1. The van der Waals surface area contributed by atoms with Crippen molar-refractivity contribution in [2.24, 2.45) is 5.73 Å². The van der Waals surface area contributed by atoms with Crippen molar-refractivity contribution in [3.05, 3.63) is 29.6 Å². The normalized spacial score (nSPS) is 21.6. The van der Waals surface area contributed by atoms with Crippen molar-refractivity contribution in [3.8, 4) is 0 Å². The molecule has 2 nitrogen and oxygen atoms in total. The average molecular weight is 240 g/mol. The van der Waals surface area contributed by atoms with Crippen LogP contribution in [0.5, 0.6) is 0 Å². The first-order chi connectivity index (χ1) is 7.70. The molecule has 0 saturated carbocycles.